The molecule has 0 amide bonds. The number of hydrogen-bond acceptors (Lipinski definition) is 8. The van der Waals surface area contributed by atoms with Crippen LogP contribution >= 0.6 is 0 Å². The summed E-state index contributed by atoms with van der Waals surface area (Å²) in [6.45, 7) is 3.67. The minimum Gasteiger partial charge on any atom is -0.366 e. The van der Waals surface area contributed by atoms with Crippen molar-refractivity contribution in [3.05, 3.63) is 54.0 Å². The van der Waals surface area contributed by atoms with Crippen molar-refractivity contribution in [2.24, 2.45) is 0 Å². The number of rotatable bonds is 6. The molecule has 0 radical (unpaired) electrons. The minimum absolute atomic E-state index is 0.0128. The van der Waals surface area contributed by atoms with Crippen LogP contribution in [0.1, 0.15) is 31.4 Å². The van der Waals surface area contributed by atoms with Gasteiger partial charge in [0.2, 0.25) is 0 Å². The molecule has 0 bridgehead atoms. The molecule has 0 saturated carbocycles. The SMILES string of the molecule is CCC(C)Nc1cc(C(F)(F)F)c(-c2cnc3c(Nc4ccc(C(F)(F)F)cn4)ccnc3n2)nn1. The van der Waals surface area contributed by atoms with E-state index in [-0.39, 0.29) is 34.5 Å². The van der Waals surface area contributed by atoms with Gasteiger partial charge in [0.15, 0.2) is 5.65 Å². The first-order chi connectivity index (χ1) is 17.0. The molecule has 36 heavy (non-hydrogen) atoms. The molecule has 1 unspecified atom stereocenters. The quantitative estimate of drug-likeness (QED) is 0.312. The average Bonchev–Trinajstić information content (AvgIpc) is 2.83. The van der Waals surface area contributed by atoms with Gasteiger partial charge in [0, 0.05) is 18.4 Å². The maximum Gasteiger partial charge on any atom is 0.418 e. The zero-order chi connectivity index (χ0) is 26.1. The number of aromatic nitrogens is 6. The van der Waals surface area contributed by atoms with E-state index < -0.39 is 29.2 Å². The predicted molar refractivity (Wildman–Crippen MR) is 119 cm³/mol. The number of nitrogens with one attached hydrogen (secondary N) is 2. The van der Waals surface area contributed by atoms with Crippen LogP contribution in [0, 0.1) is 0 Å². The van der Waals surface area contributed by atoms with Crippen LogP contribution in [0.15, 0.2) is 42.9 Å². The van der Waals surface area contributed by atoms with Crippen LogP contribution in [0.3, 0.4) is 0 Å². The lowest BCUT2D eigenvalue weighted by Crippen LogP contribution is -2.17. The van der Waals surface area contributed by atoms with Gasteiger partial charge in [0.1, 0.15) is 28.5 Å². The van der Waals surface area contributed by atoms with Crippen molar-refractivity contribution in [1.82, 2.24) is 30.1 Å². The second kappa shape index (κ2) is 9.51. The number of alkyl halides is 6. The Bertz CT molecular complexity index is 1370. The van der Waals surface area contributed by atoms with Gasteiger partial charge in [-0.2, -0.15) is 26.3 Å². The van der Waals surface area contributed by atoms with E-state index in [4.69, 9.17) is 0 Å². The van der Waals surface area contributed by atoms with Gasteiger partial charge in [0.05, 0.1) is 23.0 Å². The number of fused-ring (bicyclic) bond motifs is 1. The molecular formula is C22H18F6N8. The first-order valence-electron chi connectivity index (χ1n) is 10.6. The average molecular weight is 508 g/mol. The van der Waals surface area contributed by atoms with Crippen molar-refractivity contribution < 1.29 is 26.3 Å². The van der Waals surface area contributed by atoms with E-state index in [9.17, 15) is 26.3 Å². The maximum absolute atomic E-state index is 13.8. The monoisotopic (exact) mass is 508 g/mol. The maximum atomic E-state index is 13.8. The van der Waals surface area contributed by atoms with E-state index in [1.807, 2.05) is 6.92 Å². The van der Waals surface area contributed by atoms with Crippen molar-refractivity contribution in [2.45, 2.75) is 38.7 Å². The predicted octanol–water partition coefficient (Wildman–Crippen LogP) is 5.87. The van der Waals surface area contributed by atoms with Crippen LogP contribution in [0.4, 0.5) is 43.7 Å². The van der Waals surface area contributed by atoms with Crippen molar-refractivity contribution in [2.75, 3.05) is 10.6 Å². The summed E-state index contributed by atoms with van der Waals surface area (Å²) in [5, 5.41) is 13.3. The Labute approximate surface area is 200 Å². The third kappa shape index (κ3) is 5.42. The van der Waals surface area contributed by atoms with Crippen molar-refractivity contribution in [3.8, 4) is 11.4 Å². The van der Waals surface area contributed by atoms with Gasteiger partial charge in [-0.1, -0.05) is 6.92 Å². The van der Waals surface area contributed by atoms with Crippen molar-refractivity contribution in [1.29, 1.82) is 0 Å². The Kier molecular flexibility index (Phi) is 6.61. The molecule has 8 nitrogen and oxygen atoms in total. The summed E-state index contributed by atoms with van der Waals surface area (Å²) < 4.78 is 79.7. The molecule has 0 aliphatic carbocycles. The molecule has 0 spiro atoms. The van der Waals surface area contributed by atoms with Gasteiger partial charge in [-0.3, -0.25) is 0 Å². The highest BCUT2D eigenvalue weighted by Gasteiger charge is 2.36. The first-order valence-corrected chi connectivity index (χ1v) is 10.6. The van der Waals surface area contributed by atoms with Gasteiger partial charge in [-0.15, -0.1) is 10.2 Å². The summed E-state index contributed by atoms with van der Waals surface area (Å²) in [6, 6.07) is 4.23. The van der Waals surface area contributed by atoms with Crippen LogP contribution < -0.4 is 10.6 Å². The van der Waals surface area contributed by atoms with E-state index in [2.05, 4.69) is 40.8 Å². The largest absolute Gasteiger partial charge is 0.418 e. The summed E-state index contributed by atoms with van der Waals surface area (Å²) in [6.07, 6.45) is -5.51. The smallest absolute Gasteiger partial charge is 0.366 e. The number of anilines is 3. The molecule has 0 aliphatic rings. The number of pyridine rings is 2. The normalized spacial score (nSPS) is 13.0. The summed E-state index contributed by atoms with van der Waals surface area (Å²) in [5.74, 6) is 0.0684. The topological polar surface area (TPSA) is 101 Å². The van der Waals surface area contributed by atoms with Gasteiger partial charge < -0.3 is 10.6 Å². The third-order valence-corrected chi connectivity index (χ3v) is 5.15. The molecule has 0 aliphatic heterocycles. The Morgan fingerprint density at radius 2 is 1.67 bits per heavy atom. The molecule has 0 fully saturated rings. The summed E-state index contributed by atoms with van der Waals surface area (Å²) in [7, 11) is 0. The van der Waals surface area contributed by atoms with E-state index in [1.165, 1.54) is 12.3 Å². The lowest BCUT2D eigenvalue weighted by atomic mass is 10.1. The summed E-state index contributed by atoms with van der Waals surface area (Å²) >= 11 is 0. The highest BCUT2D eigenvalue weighted by Crippen LogP contribution is 2.37. The Morgan fingerprint density at radius 3 is 2.31 bits per heavy atom. The fraction of sp³-hybridized carbons (Fsp3) is 0.273. The molecule has 4 rings (SSSR count). The molecular weight excluding hydrogens is 490 g/mol. The van der Waals surface area contributed by atoms with Gasteiger partial charge in [0.25, 0.3) is 0 Å². The minimum atomic E-state index is -4.74. The number of hydrogen-bond donors (Lipinski definition) is 2. The molecule has 2 N–H and O–H groups in total. The van der Waals surface area contributed by atoms with Crippen LogP contribution in [-0.4, -0.2) is 36.2 Å². The molecule has 0 saturated heterocycles. The molecule has 1 atom stereocenters. The van der Waals surface area contributed by atoms with Gasteiger partial charge in [-0.25, -0.2) is 19.9 Å². The number of halogens is 6. The second-order valence-corrected chi connectivity index (χ2v) is 7.78. The van der Waals surface area contributed by atoms with Crippen LogP contribution in [0.5, 0.6) is 0 Å². The summed E-state index contributed by atoms with van der Waals surface area (Å²) in [4.78, 5) is 16.1. The Morgan fingerprint density at radius 1 is 0.889 bits per heavy atom. The number of nitrogens with zero attached hydrogens (tertiary/aromatic N) is 6. The van der Waals surface area contributed by atoms with E-state index in [0.29, 0.717) is 18.3 Å². The molecule has 4 heterocycles. The lowest BCUT2D eigenvalue weighted by molar-refractivity contribution is -0.138. The van der Waals surface area contributed by atoms with Crippen LogP contribution in [-0.2, 0) is 12.4 Å². The highest BCUT2D eigenvalue weighted by molar-refractivity contribution is 5.87. The Hall–Kier alpha value is -4.10. The fourth-order valence-corrected chi connectivity index (χ4v) is 3.13. The van der Waals surface area contributed by atoms with Crippen LogP contribution in [0.25, 0.3) is 22.6 Å². The third-order valence-electron chi connectivity index (χ3n) is 5.15. The van der Waals surface area contributed by atoms with Gasteiger partial charge in [-0.05, 0) is 37.6 Å². The molecule has 0 aromatic carbocycles. The van der Waals surface area contributed by atoms with Crippen molar-refractivity contribution in [3.63, 3.8) is 0 Å². The van der Waals surface area contributed by atoms with Gasteiger partial charge >= 0.3 is 12.4 Å². The summed E-state index contributed by atoms with van der Waals surface area (Å²) in [5.41, 5.74) is -2.22. The molecule has 4 aromatic rings. The zero-order valence-corrected chi connectivity index (χ0v) is 18.8. The van der Waals surface area contributed by atoms with E-state index in [0.717, 1.165) is 24.4 Å². The second-order valence-electron chi connectivity index (χ2n) is 7.78. The lowest BCUT2D eigenvalue weighted by Gasteiger charge is -2.16. The fourth-order valence-electron chi connectivity index (χ4n) is 3.13. The molecule has 188 valence electrons. The highest BCUT2D eigenvalue weighted by atomic mass is 19.4. The first kappa shape index (κ1) is 25.0. The van der Waals surface area contributed by atoms with E-state index >= 15 is 0 Å². The standard InChI is InChI=1S/C22H18F6N8/c1-3-11(2)32-17-8-13(22(26,27)28)18(36-35-17)15-10-31-19-14(6-7-29-20(19)34-15)33-16-5-4-12(9-30-16)21(23,24)25/h4-11H,3H2,1-2H3,(H,32,35)(H,29,30,33,34). The zero-order valence-electron chi connectivity index (χ0n) is 18.8. The van der Waals surface area contributed by atoms with Crippen molar-refractivity contribution >= 4 is 28.5 Å². The molecule has 4 aromatic heterocycles. The molecule has 14 heteroatoms. The Balaban J connectivity index is 1.69. The van der Waals surface area contributed by atoms with Crippen LogP contribution in [0.2, 0.25) is 0 Å². The van der Waals surface area contributed by atoms with E-state index in [1.54, 1.807) is 6.92 Å².